The van der Waals surface area contributed by atoms with Gasteiger partial charge in [-0.25, -0.2) is 0 Å². The van der Waals surface area contributed by atoms with Crippen LogP contribution >= 0.6 is 0 Å². The zero-order chi connectivity index (χ0) is 12.3. The van der Waals surface area contributed by atoms with Crippen molar-refractivity contribution in [1.82, 2.24) is 0 Å². The zero-order valence-electron chi connectivity index (χ0n) is 9.04. The average Bonchev–Trinajstić information content (AvgIpc) is 2.27. The van der Waals surface area contributed by atoms with Crippen molar-refractivity contribution in [3.63, 3.8) is 0 Å². The summed E-state index contributed by atoms with van der Waals surface area (Å²) in [6, 6.07) is 5.44. The van der Waals surface area contributed by atoms with E-state index < -0.39 is 10.5 Å². The van der Waals surface area contributed by atoms with Gasteiger partial charge >= 0.3 is 0 Å². The van der Waals surface area contributed by atoms with E-state index >= 15 is 0 Å². The van der Waals surface area contributed by atoms with Crippen molar-refractivity contribution < 1.29 is 9.85 Å². The molecule has 1 aromatic rings. The van der Waals surface area contributed by atoms with Crippen LogP contribution < -0.4 is 0 Å². The molecule has 1 aromatic carbocycles. The molecule has 0 heterocycles. The molecule has 1 atom stereocenters. The van der Waals surface area contributed by atoms with Crippen molar-refractivity contribution in [3.05, 3.63) is 50.1 Å². The lowest BCUT2D eigenvalue weighted by molar-refractivity contribution is -0.575. The van der Waals surface area contributed by atoms with Gasteiger partial charge in [0.2, 0.25) is 5.54 Å². The number of rotatable bonds is 4. The summed E-state index contributed by atoms with van der Waals surface area (Å²) in [7, 11) is 0. The van der Waals surface area contributed by atoms with E-state index in [1.165, 1.54) is 31.2 Å². The Morgan fingerprint density at radius 3 is 2.00 bits per heavy atom. The first kappa shape index (κ1) is 12.1. The summed E-state index contributed by atoms with van der Waals surface area (Å²) in [4.78, 5) is 20.5. The first-order chi connectivity index (χ1) is 7.41. The highest BCUT2D eigenvalue weighted by molar-refractivity contribution is 5.35. The molecule has 0 aliphatic rings. The van der Waals surface area contributed by atoms with Crippen LogP contribution in [0.15, 0.2) is 24.3 Å². The molecule has 0 radical (unpaired) electrons. The van der Waals surface area contributed by atoms with Crippen molar-refractivity contribution in [2.75, 3.05) is 0 Å². The number of nitrogens with zero attached hydrogens (tertiary/aromatic N) is 2. The first-order valence-corrected chi connectivity index (χ1v) is 4.81. The van der Waals surface area contributed by atoms with E-state index in [0.29, 0.717) is 12.0 Å². The van der Waals surface area contributed by atoms with Gasteiger partial charge in [-0.1, -0.05) is 6.92 Å². The Kier molecular flexibility index (Phi) is 3.22. The second kappa shape index (κ2) is 4.26. The fourth-order valence-electron chi connectivity index (χ4n) is 1.38. The first-order valence-electron chi connectivity index (χ1n) is 4.81. The zero-order valence-corrected chi connectivity index (χ0v) is 9.04. The van der Waals surface area contributed by atoms with Crippen LogP contribution in [0.5, 0.6) is 0 Å². The molecule has 0 bridgehead atoms. The van der Waals surface area contributed by atoms with Gasteiger partial charge in [0, 0.05) is 36.0 Å². The van der Waals surface area contributed by atoms with Gasteiger partial charge in [-0.15, -0.1) is 0 Å². The molecule has 0 aliphatic carbocycles. The lowest BCUT2D eigenvalue weighted by Crippen LogP contribution is -2.30. The topological polar surface area (TPSA) is 86.3 Å². The molecule has 0 amide bonds. The maximum Gasteiger partial charge on any atom is 0.269 e. The second-order valence-electron chi connectivity index (χ2n) is 3.69. The van der Waals surface area contributed by atoms with Crippen molar-refractivity contribution in [2.45, 2.75) is 25.8 Å². The van der Waals surface area contributed by atoms with Gasteiger partial charge in [0.1, 0.15) is 0 Å². The Hall–Kier alpha value is -1.98. The fraction of sp³-hybridized carbons (Fsp3) is 0.400. The SMILES string of the molecule is CCC(C)(c1ccc([N+](=O)[O-])cc1)[N+](=O)[O-]. The molecule has 1 unspecified atom stereocenters. The van der Waals surface area contributed by atoms with Crippen molar-refractivity contribution >= 4 is 5.69 Å². The molecular formula is C10H12N2O4. The lowest BCUT2D eigenvalue weighted by Gasteiger charge is -2.19. The molecule has 0 saturated heterocycles. The molecule has 86 valence electrons. The van der Waals surface area contributed by atoms with Crippen molar-refractivity contribution in [3.8, 4) is 0 Å². The van der Waals surface area contributed by atoms with Crippen LogP contribution in [0.4, 0.5) is 5.69 Å². The number of hydrogen-bond donors (Lipinski definition) is 0. The largest absolute Gasteiger partial charge is 0.269 e. The monoisotopic (exact) mass is 224 g/mol. The smallest absolute Gasteiger partial charge is 0.264 e. The number of nitro benzene ring substituents is 1. The second-order valence-corrected chi connectivity index (χ2v) is 3.69. The number of benzene rings is 1. The molecule has 0 spiro atoms. The third-order valence-corrected chi connectivity index (χ3v) is 2.79. The Labute approximate surface area is 92.2 Å². The van der Waals surface area contributed by atoms with Crippen molar-refractivity contribution in [2.24, 2.45) is 0 Å². The van der Waals surface area contributed by atoms with E-state index in [9.17, 15) is 20.2 Å². The molecule has 6 nitrogen and oxygen atoms in total. The Bertz CT molecular complexity index is 415. The van der Waals surface area contributed by atoms with E-state index in [-0.39, 0.29) is 10.6 Å². The van der Waals surface area contributed by atoms with Crippen LogP contribution in [0.3, 0.4) is 0 Å². The minimum Gasteiger partial charge on any atom is -0.264 e. The predicted molar refractivity (Wildman–Crippen MR) is 57.7 cm³/mol. The molecule has 6 heteroatoms. The maximum atomic E-state index is 10.9. The van der Waals surface area contributed by atoms with Crippen LogP contribution in [-0.2, 0) is 5.54 Å². The van der Waals surface area contributed by atoms with Crippen LogP contribution in [0.1, 0.15) is 25.8 Å². The summed E-state index contributed by atoms with van der Waals surface area (Å²) in [6.07, 6.45) is 0.331. The minimum absolute atomic E-state index is 0.0643. The van der Waals surface area contributed by atoms with Gasteiger partial charge in [-0.05, 0) is 12.1 Å². The van der Waals surface area contributed by atoms with Gasteiger partial charge < -0.3 is 0 Å². The van der Waals surface area contributed by atoms with E-state index in [4.69, 9.17) is 0 Å². The standard InChI is InChI=1S/C10H12N2O4/c1-3-10(2,12(15)16)8-4-6-9(7-5-8)11(13)14/h4-7H,3H2,1-2H3. The molecule has 0 N–H and O–H groups in total. The lowest BCUT2D eigenvalue weighted by atomic mass is 9.90. The van der Waals surface area contributed by atoms with Crippen molar-refractivity contribution in [1.29, 1.82) is 0 Å². The van der Waals surface area contributed by atoms with E-state index in [0.717, 1.165) is 0 Å². The third kappa shape index (κ3) is 2.00. The fourth-order valence-corrected chi connectivity index (χ4v) is 1.38. The maximum absolute atomic E-state index is 10.9. The third-order valence-electron chi connectivity index (χ3n) is 2.79. The average molecular weight is 224 g/mol. The molecule has 1 rings (SSSR count). The highest BCUT2D eigenvalue weighted by Crippen LogP contribution is 2.29. The summed E-state index contributed by atoms with van der Waals surface area (Å²) >= 11 is 0. The van der Waals surface area contributed by atoms with Crippen LogP contribution in [0.25, 0.3) is 0 Å². The predicted octanol–water partition coefficient (Wildman–Crippen LogP) is 2.50. The van der Waals surface area contributed by atoms with Crippen LogP contribution in [-0.4, -0.2) is 9.85 Å². The quantitative estimate of drug-likeness (QED) is 0.580. The Morgan fingerprint density at radius 2 is 1.69 bits per heavy atom. The van der Waals surface area contributed by atoms with Gasteiger partial charge in [0.25, 0.3) is 5.69 Å². The molecule has 0 fully saturated rings. The molecule has 0 aromatic heterocycles. The summed E-state index contributed by atoms with van der Waals surface area (Å²) in [5.74, 6) is 0. The molecule has 16 heavy (non-hydrogen) atoms. The highest BCUT2D eigenvalue weighted by atomic mass is 16.6. The van der Waals surface area contributed by atoms with Gasteiger partial charge in [0.15, 0.2) is 0 Å². The van der Waals surface area contributed by atoms with Crippen LogP contribution in [0, 0.1) is 20.2 Å². The van der Waals surface area contributed by atoms with Gasteiger partial charge in [0.05, 0.1) is 4.92 Å². The summed E-state index contributed by atoms with van der Waals surface area (Å²) < 4.78 is 0. The Morgan fingerprint density at radius 1 is 1.19 bits per heavy atom. The number of hydrogen-bond acceptors (Lipinski definition) is 4. The summed E-state index contributed by atoms with van der Waals surface area (Å²) in [5, 5.41) is 21.4. The number of nitro groups is 2. The normalized spacial score (nSPS) is 14.1. The molecule has 0 saturated carbocycles. The van der Waals surface area contributed by atoms with E-state index in [1.54, 1.807) is 6.92 Å². The summed E-state index contributed by atoms with van der Waals surface area (Å²) in [5.41, 5.74) is -0.772. The Balaban J connectivity index is 3.14. The van der Waals surface area contributed by atoms with E-state index in [1.807, 2.05) is 0 Å². The minimum atomic E-state index is -1.19. The van der Waals surface area contributed by atoms with Gasteiger partial charge in [-0.3, -0.25) is 20.2 Å². The molecular weight excluding hydrogens is 212 g/mol. The number of non-ortho nitro benzene ring substituents is 1. The van der Waals surface area contributed by atoms with Crippen LogP contribution in [0.2, 0.25) is 0 Å². The van der Waals surface area contributed by atoms with Gasteiger partial charge in [-0.2, -0.15) is 0 Å². The molecule has 0 aliphatic heterocycles. The van der Waals surface area contributed by atoms with E-state index in [2.05, 4.69) is 0 Å². The summed E-state index contributed by atoms with van der Waals surface area (Å²) in [6.45, 7) is 3.22. The highest BCUT2D eigenvalue weighted by Gasteiger charge is 2.37.